The first-order valence-electron chi connectivity index (χ1n) is 12.3. The molecule has 2 aromatic heterocycles. The van der Waals surface area contributed by atoms with E-state index in [4.69, 9.17) is 0 Å². The maximum atomic E-state index is 9.50. The molecule has 36 heavy (non-hydrogen) atoms. The second-order valence-corrected chi connectivity index (χ2v) is 9.48. The Kier molecular flexibility index (Phi) is 8.13. The Morgan fingerprint density at radius 2 is 2.06 bits per heavy atom. The van der Waals surface area contributed by atoms with E-state index >= 15 is 0 Å². The second-order valence-electron chi connectivity index (χ2n) is 9.48. The maximum Gasteiger partial charge on any atom is 0.214 e. The number of guanidine groups is 1. The SMILES string of the molecule is CC(C)C1CN(c2cc(NCCN(C)C)ncn2)CCN1/C(=N/C#N)Nc1cccc2ncccc12. The Balaban J connectivity index is 1.53. The van der Waals surface area contributed by atoms with Gasteiger partial charge in [-0.1, -0.05) is 19.9 Å². The Labute approximate surface area is 212 Å². The van der Waals surface area contributed by atoms with Gasteiger partial charge in [0.25, 0.3) is 0 Å². The zero-order valence-corrected chi connectivity index (χ0v) is 21.4. The largest absolute Gasteiger partial charge is 0.369 e. The van der Waals surface area contributed by atoms with Crippen molar-refractivity contribution in [1.29, 1.82) is 5.26 Å². The van der Waals surface area contributed by atoms with Crippen LogP contribution < -0.4 is 15.5 Å². The second kappa shape index (κ2) is 11.6. The summed E-state index contributed by atoms with van der Waals surface area (Å²) in [5, 5.41) is 17.3. The molecule has 2 N–H and O–H groups in total. The van der Waals surface area contributed by atoms with E-state index in [0.29, 0.717) is 18.4 Å². The molecule has 1 aliphatic heterocycles. The lowest BCUT2D eigenvalue weighted by Crippen LogP contribution is -2.58. The summed E-state index contributed by atoms with van der Waals surface area (Å²) in [6.07, 6.45) is 5.39. The molecule has 0 radical (unpaired) electrons. The summed E-state index contributed by atoms with van der Waals surface area (Å²) < 4.78 is 0. The van der Waals surface area contributed by atoms with Crippen LogP contribution in [-0.4, -0.2) is 83.6 Å². The van der Waals surface area contributed by atoms with Gasteiger partial charge in [0, 0.05) is 50.4 Å². The fourth-order valence-electron chi connectivity index (χ4n) is 4.42. The number of nitriles is 1. The highest BCUT2D eigenvalue weighted by atomic mass is 15.4. The highest BCUT2D eigenvalue weighted by Gasteiger charge is 2.32. The fraction of sp³-hybridized carbons (Fsp3) is 0.423. The number of nitrogens with one attached hydrogen (secondary N) is 2. The molecule has 188 valence electrons. The normalized spacial score (nSPS) is 16.5. The monoisotopic (exact) mass is 486 g/mol. The van der Waals surface area contributed by atoms with E-state index in [-0.39, 0.29) is 6.04 Å². The van der Waals surface area contributed by atoms with Gasteiger partial charge in [0.2, 0.25) is 12.2 Å². The minimum atomic E-state index is 0.131. The number of anilines is 3. The van der Waals surface area contributed by atoms with Crippen molar-refractivity contribution in [1.82, 2.24) is 24.8 Å². The van der Waals surface area contributed by atoms with E-state index in [0.717, 1.165) is 54.4 Å². The maximum absolute atomic E-state index is 9.50. The molecule has 1 fully saturated rings. The molecule has 1 atom stereocenters. The van der Waals surface area contributed by atoms with Gasteiger partial charge in [-0.15, -0.1) is 4.99 Å². The van der Waals surface area contributed by atoms with Crippen molar-refractivity contribution in [3.05, 3.63) is 48.9 Å². The van der Waals surface area contributed by atoms with Crippen molar-refractivity contribution < 1.29 is 0 Å². The molecule has 3 aromatic rings. The molecule has 10 nitrogen and oxygen atoms in total. The van der Waals surface area contributed by atoms with E-state index in [1.807, 2.05) is 42.6 Å². The summed E-state index contributed by atoms with van der Waals surface area (Å²) in [6, 6.07) is 12.0. The van der Waals surface area contributed by atoms with Crippen molar-refractivity contribution in [2.75, 3.05) is 62.4 Å². The minimum absolute atomic E-state index is 0.131. The number of aliphatic imine (C=N–C) groups is 1. The Hall–Kier alpha value is -3.97. The van der Waals surface area contributed by atoms with Gasteiger partial charge in [-0.3, -0.25) is 4.98 Å². The third-order valence-corrected chi connectivity index (χ3v) is 6.35. The van der Waals surface area contributed by atoms with Gasteiger partial charge in [0.05, 0.1) is 17.2 Å². The lowest BCUT2D eigenvalue weighted by molar-refractivity contribution is 0.224. The number of pyridine rings is 1. The molecular formula is C26H34N10. The van der Waals surface area contributed by atoms with E-state index in [9.17, 15) is 5.26 Å². The van der Waals surface area contributed by atoms with Crippen molar-refractivity contribution in [3.8, 4) is 6.19 Å². The number of aromatic nitrogens is 3. The molecule has 1 saturated heterocycles. The standard InChI is InChI=1S/C26H34N10/c1-19(2)23-16-35(25-15-24(31-18-32-25)29-11-12-34(3)4)13-14-36(23)26(30-17-27)33-22-9-5-8-21-20(22)7-6-10-28-21/h5-10,15,18-19,23H,11-14,16H2,1-4H3,(H,30,33)(H,29,31,32). The molecule has 4 rings (SSSR count). The smallest absolute Gasteiger partial charge is 0.214 e. The van der Waals surface area contributed by atoms with Crippen molar-refractivity contribution in [3.63, 3.8) is 0 Å². The average molecular weight is 487 g/mol. The number of hydrogen-bond donors (Lipinski definition) is 2. The Bertz CT molecular complexity index is 1230. The summed E-state index contributed by atoms with van der Waals surface area (Å²) >= 11 is 0. The van der Waals surface area contributed by atoms with Gasteiger partial charge in [-0.25, -0.2) is 9.97 Å². The average Bonchev–Trinajstić information content (AvgIpc) is 2.88. The lowest BCUT2D eigenvalue weighted by atomic mass is 9.99. The Morgan fingerprint density at radius 1 is 1.19 bits per heavy atom. The summed E-state index contributed by atoms with van der Waals surface area (Å²) in [7, 11) is 4.10. The van der Waals surface area contributed by atoms with Gasteiger partial charge in [-0.05, 0) is 44.3 Å². The van der Waals surface area contributed by atoms with Crippen LogP contribution in [-0.2, 0) is 0 Å². The summed E-state index contributed by atoms with van der Waals surface area (Å²) in [5.41, 5.74) is 1.77. The molecule has 0 bridgehead atoms. The van der Waals surface area contributed by atoms with Crippen LogP contribution in [0.4, 0.5) is 17.3 Å². The molecule has 0 spiro atoms. The molecule has 10 heteroatoms. The third-order valence-electron chi connectivity index (χ3n) is 6.35. The number of rotatable bonds is 7. The number of nitrogens with zero attached hydrogens (tertiary/aromatic N) is 8. The first-order chi connectivity index (χ1) is 17.5. The summed E-state index contributed by atoms with van der Waals surface area (Å²) in [5.74, 6) is 2.60. The van der Waals surface area contributed by atoms with Crippen molar-refractivity contribution in [2.45, 2.75) is 19.9 Å². The van der Waals surface area contributed by atoms with Crippen LogP contribution in [0, 0.1) is 17.4 Å². The van der Waals surface area contributed by atoms with Crippen LogP contribution in [0.1, 0.15) is 13.8 Å². The highest BCUT2D eigenvalue weighted by Crippen LogP contribution is 2.26. The predicted octanol–water partition coefficient (Wildman–Crippen LogP) is 3.09. The zero-order chi connectivity index (χ0) is 25.5. The number of benzene rings is 1. The lowest BCUT2D eigenvalue weighted by Gasteiger charge is -2.45. The van der Waals surface area contributed by atoms with Gasteiger partial charge in [0.15, 0.2) is 0 Å². The van der Waals surface area contributed by atoms with Crippen LogP contribution >= 0.6 is 0 Å². The molecule has 1 aliphatic rings. The van der Waals surface area contributed by atoms with Crippen molar-refractivity contribution >= 4 is 34.2 Å². The van der Waals surface area contributed by atoms with E-state index in [1.54, 1.807) is 12.5 Å². The number of piperazine rings is 1. The molecule has 0 aliphatic carbocycles. The first kappa shape index (κ1) is 25.1. The van der Waals surface area contributed by atoms with E-state index < -0.39 is 0 Å². The van der Waals surface area contributed by atoms with Gasteiger partial charge in [-0.2, -0.15) is 5.26 Å². The van der Waals surface area contributed by atoms with Crippen molar-refractivity contribution in [2.24, 2.45) is 10.9 Å². The van der Waals surface area contributed by atoms with Crippen LogP contribution in [0.15, 0.2) is 53.9 Å². The molecule has 3 heterocycles. The summed E-state index contributed by atoms with van der Waals surface area (Å²) in [4.78, 5) is 24.2. The quantitative estimate of drug-likeness (QED) is 0.296. The number of fused-ring (bicyclic) bond motifs is 1. The van der Waals surface area contributed by atoms with Crippen LogP contribution in [0.2, 0.25) is 0 Å². The molecule has 0 saturated carbocycles. The minimum Gasteiger partial charge on any atom is -0.369 e. The molecular weight excluding hydrogens is 452 g/mol. The van der Waals surface area contributed by atoms with Gasteiger partial charge >= 0.3 is 0 Å². The van der Waals surface area contributed by atoms with Crippen LogP contribution in [0.3, 0.4) is 0 Å². The fourth-order valence-corrected chi connectivity index (χ4v) is 4.42. The highest BCUT2D eigenvalue weighted by molar-refractivity contribution is 6.02. The molecule has 0 amide bonds. The van der Waals surface area contributed by atoms with Crippen LogP contribution in [0.25, 0.3) is 10.9 Å². The zero-order valence-electron chi connectivity index (χ0n) is 21.4. The van der Waals surface area contributed by atoms with E-state index in [1.165, 1.54) is 0 Å². The third kappa shape index (κ3) is 5.98. The Morgan fingerprint density at radius 3 is 2.83 bits per heavy atom. The van der Waals surface area contributed by atoms with E-state index in [2.05, 4.69) is 73.2 Å². The number of hydrogen-bond acceptors (Lipinski definition) is 8. The van der Waals surface area contributed by atoms with Gasteiger partial charge < -0.3 is 25.3 Å². The van der Waals surface area contributed by atoms with Crippen LogP contribution in [0.5, 0.6) is 0 Å². The first-order valence-corrected chi connectivity index (χ1v) is 12.3. The topological polar surface area (TPSA) is 109 Å². The molecule has 1 aromatic carbocycles. The number of likely N-dealkylation sites (N-methyl/N-ethyl adjacent to an activating group) is 1. The summed E-state index contributed by atoms with van der Waals surface area (Å²) in [6.45, 7) is 8.34. The van der Waals surface area contributed by atoms with Gasteiger partial charge in [0.1, 0.15) is 18.0 Å². The predicted molar refractivity (Wildman–Crippen MR) is 145 cm³/mol. The molecule has 1 unspecified atom stereocenters.